The second-order valence-corrected chi connectivity index (χ2v) is 5.79. The summed E-state index contributed by atoms with van der Waals surface area (Å²) in [7, 11) is 0. The van der Waals surface area contributed by atoms with Crippen LogP contribution in [0, 0.1) is 22.6 Å². The fourth-order valence-corrected chi connectivity index (χ4v) is 1.60. The lowest BCUT2D eigenvalue weighted by Gasteiger charge is -2.26. The van der Waals surface area contributed by atoms with Crippen molar-refractivity contribution in [3.63, 3.8) is 0 Å². The molecule has 0 aliphatic heterocycles. The number of benzene rings is 1. The Morgan fingerprint density at radius 2 is 1.94 bits per heavy atom. The van der Waals surface area contributed by atoms with E-state index in [1.54, 1.807) is 18.2 Å². The van der Waals surface area contributed by atoms with Gasteiger partial charge >= 0.3 is 0 Å². The van der Waals surface area contributed by atoms with E-state index >= 15 is 0 Å². The van der Waals surface area contributed by atoms with E-state index < -0.39 is 0 Å². The molecule has 1 nitrogen and oxygen atoms in total. The molecule has 0 spiro atoms. The largest absolute Gasteiger partial charge is 0.308 e. The highest BCUT2D eigenvalue weighted by Crippen LogP contribution is 2.29. The summed E-state index contributed by atoms with van der Waals surface area (Å²) in [4.78, 5) is 0. The van der Waals surface area contributed by atoms with Crippen molar-refractivity contribution in [2.75, 3.05) is 0 Å². The van der Waals surface area contributed by atoms with Crippen LogP contribution >= 0.6 is 0 Å². The predicted octanol–water partition coefficient (Wildman–Crippen LogP) is 4.93. The number of allylic oxidation sites excluding steroid dienone is 2. The zero-order valence-electron chi connectivity index (χ0n) is 11.6. The van der Waals surface area contributed by atoms with E-state index in [1.807, 2.05) is 6.08 Å². The summed E-state index contributed by atoms with van der Waals surface area (Å²) >= 11 is 0. The molecule has 1 aromatic rings. The van der Waals surface area contributed by atoms with Gasteiger partial charge < -0.3 is 5.41 Å². The molecule has 98 valence electrons. The van der Waals surface area contributed by atoms with Gasteiger partial charge in [0.25, 0.3) is 0 Å². The highest BCUT2D eigenvalue weighted by Gasteiger charge is 2.18. The Morgan fingerprint density at radius 3 is 2.44 bits per heavy atom. The van der Waals surface area contributed by atoms with Gasteiger partial charge in [0.15, 0.2) is 0 Å². The van der Waals surface area contributed by atoms with E-state index in [0.29, 0.717) is 17.1 Å². The standard InChI is InChI=1S/C16H22FN/c1-12(16(2,3)4)9-10-13(11-18)14-7-5-6-8-15(14)17/h5-8,10-12,18H,9H2,1-4H3/b13-10+,18-11?. The molecule has 0 aliphatic carbocycles. The van der Waals surface area contributed by atoms with Crippen molar-refractivity contribution in [3.8, 4) is 0 Å². The second-order valence-electron chi connectivity index (χ2n) is 5.79. The molecule has 0 bridgehead atoms. The third kappa shape index (κ3) is 3.80. The lowest BCUT2D eigenvalue weighted by atomic mass is 9.80. The average molecular weight is 247 g/mol. The van der Waals surface area contributed by atoms with Crippen LogP contribution in [0.1, 0.15) is 39.7 Å². The topological polar surface area (TPSA) is 23.9 Å². The second kappa shape index (κ2) is 5.94. The molecule has 1 unspecified atom stereocenters. The van der Waals surface area contributed by atoms with Crippen molar-refractivity contribution in [3.05, 3.63) is 41.7 Å². The van der Waals surface area contributed by atoms with Crippen LogP contribution in [0.5, 0.6) is 0 Å². The van der Waals surface area contributed by atoms with E-state index in [1.165, 1.54) is 12.3 Å². The van der Waals surface area contributed by atoms with Crippen LogP contribution in [0.25, 0.3) is 5.57 Å². The first kappa shape index (κ1) is 14.6. The summed E-state index contributed by atoms with van der Waals surface area (Å²) in [6.07, 6.45) is 4.04. The number of rotatable bonds is 4. The molecule has 1 atom stereocenters. The molecule has 0 aliphatic rings. The minimum Gasteiger partial charge on any atom is -0.308 e. The SMILES string of the molecule is CC(C/C=C(\C=N)c1ccccc1F)C(C)(C)C. The molecule has 1 N–H and O–H groups in total. The van der Waals surface area contributed by atoms with E-state index in [0.717, 1.165) is 6.42 Å². The van der Waals surface area contributed by atoms with Crippen LogP contribution in [0.2, 0.25) is 0 Å². The van der Waals surface area contributed by atoms with E-state index in [-0.39, 0.29) is 11.2 Å². The molecule has 0 amide bonds. The van der Waals surface area contributed by atoms with Gasteiger partial charge in [0.1, 0.15) is 5.82 Å². The van der Waals surface area contributed by atoms with Crippen molar-refractivity contribution in [1.82, 2.24) is 0 Å². The third-order valence-corrected chi connectivity index (χ3v) is 3.51. The zero-order chi connectivity index (χ0) is 13.8. The Bertz CT molecular complexity index is 441. The quantitative estimate of drug-likeness (QED) is 0.729. The van der Waals surface area contributed by atoms with Crippen LogP contribution in [-0.2, 0) is 0 Å². The Kier molecular flexibility index (Phi) is 4.83. The lowest BCUT2D eigenvalue weighted by molar-refractivity contribution is 0.264. The predicted molar refractivity (Wildman–Crippen MR) is 76.4 cm³/mol. The van der Waals surface area contributed by atoms with Crippen molar-refractivity contribution in [1.29, 1.82) is 5.41 Å². The first-order valence-corrected chi connectivity index (χ1v) is 6.31. The van der Waals surface area contributed by atoms with Gasteiger partial charge in [-0.25, -0.2) is 4.39 Å². The maximum Gasteiger partial charge on any atom is 0.131 e. The molecular formula is C16H22FN. The molecule has 0 fully saturated rings. The van der Waals surface area contributed by atoms with Crippen LogP contribution in [0.3, 0.4) is 0 Å². The smallest absolute Gasteiger partial charge is 0.131 e. The first-order chi connectivity index (χ1) is 8.36. The van der Waals surface area contributed by atoms with Gasteiger partial charge in [0.2, 0.25) is 0 Å². The van der Waals surface area contributed by atoms with E-state index in [9.17, 15) is 4.39 Å². The number of hydrogen-bond donors (Lipinski definition) is 1. The fraction of sp³-hybridized carbons (Fsp3) is 0.438. The van der Waals surface area contributed by atoms with Crippen molar-refractivity contribution >= 4 is 11.8 Å². The molecular weight excluding hydrogens is 225 g/mol. The average Bonchev–Trinajstić information content (AvgIpc) is 2.30. The van der Waals surface area contributed by atoms with Crippen molar-refractivity contribution < 1.29 is 4.39 Å². The number of halogens is 1. The summed E-state index contributed by atoms with van der Waals surface area (Å²) in [5.41, 5.74) is 1.39. The van der Waals surface area contributed by atoms with Gasteiger partial charge in [-0.05, 0) is 29.4 Å². The third-order valence-electron chi connectivity index (χ3n) is 3.51. The molecule has 0 saturated carbocycles. The molecule has 0 radical (unpaired) electrons. The van der Waals surface area contributed by atoms with Crippen LogP contribution in [0.15, 0.2) is 30.3 Å². The van der Waals surface area contributed by atoms with Crippen molar-refractivity contribution in [2.24, 2.45) is 11.3 Å². The highest BCUT2D eigenvalue weighted by molar-refractivity contribution is 6.08. The lowest BCUT2D eigenvalue weighted by Crippen LogP contribution is -2.16. The fourth-order valence-electron chi connectivity index (χ4n) is 1.60. The van der Waals surface area contributed by atoms with Gasteiger partial charge in [-0.15, -0.1) is 0 Å². The van der Waals surface area contributed by atoms with Crippen LogP contribution in [0.4, 0.5) is 4.39 Å². The summed E-state index contributed by atoms with van der Waals surface area (Å²) in [6, 6.07) is 6.61. The Hall–Kier alpha value is -1.44. The van der Waals surface area contributed by atoms with E-state index in [2.05, 4.69) is 27.7 Å². The van der Waals surface area contributed by atoms with Crippen molar-refractivity contribution in [2.45, 2.75) is 34.1 Å². The molecule has 0 heterocycles. The van der Waals surface area contributed by atoms with Gasteiger partial charge in [-0.3, -0.25) is 0 Å². The maximum absolute atomic E-state index is 13.6. The normalized spacial score (nSPS) is 14.4. The molecule has 1 rings (SSSR count). The summed E-state index contributed by atoms with van der Waals surface area (Å²) in [6.45, 7) is 8.76. The summed E-state index contributed by atoms with van der Waals surface area (Å²) < 4.78 is 13.6. The van der Waals surface area contributed by atoms with Gasteiger partial charge in [-0.2, -0.15) is 0 Å². The first-order valence-electron chi connectivity index (χ1n) is 6.31. The zero-order valence-corrected chi connectivity index (χ0v) is 11.6. The highest BCUT2D eigenvalue weighted by atomic mass is 19.1. The van der Waals surface area contributed by atoms with Gasteiger partial charge in [0.05, 0.1) is 0 Å². The molecule has 2 heteroatoms. The minimum absolute atomic E-state index is 0.221. The van der Waals surface area contributed by atoms with Gasteiger partial charge in [-0.1, -0.05) is 52.0 Å². The summed E-state index contributed by atoms with van der Waals surface area (Å²) in [5.74, 6) is 0.217. The Labute approximate surface area is 109 Å². The Morgan fingerprint density at radius 1 is 1.33 bits per heavy atom. The Balaban J connectivity index is 2.92. The molecule has 0 saturated heterocycles. The van der Waals surface area contributed by atoms with Crippen LogP contribution < -0.4 is 0 Å². The summed E-state index contributed by atoms with van der Waals surface area (Å²) in [5, 5.41) is 7.43. The monoisotopic (exact) mass is 247 g/mol. The number of hydrogen-bond acceptors (Lipinski definition) is 1. The van der Waals surface area contributed by atoms with Crippen LogP contribution in [-0.4, -0.2) is 6.21 Å². The minimum atomic E-state index is -0.268. The number of nitrogens with one attached hydrogen (secondary N) is 1. The molecule has 1 aromatic carbocycles. The van der Waals surface area contributed by atoms with E-state index in [4.69, 9.17) is 5.41 Å². The van der Waals surface area contributed by atoms with Gasteiger partial charge in [0, 0.05) is 11.8 Å². The molecule has 0 aromatic heterocycles. The maximum atomic E-state index is 13.6. The molecule has 18 heavy (non-hydrogen) atoms.